The molecule has 0 atom stereocenters. The Hall–Kier alpha value is -1.87. The Morgan fingerprint density at radius 2 is 2.16 bits per heavy atom. The van der Waals surface area contributed by atoms with E-state index < -0.39 is 20.7 Å². The molecule has 0 radical (unpaired) electrons. The van der Waals surface area contributed by atoms with Crippen LogP contribution in [0.25, 0.3) is 0 Å². The third kappa shape index (κ3) is 4.72. The molecule has 0 amide bonds. The van der Waals surface area contributed by atoms with Crippen LogP contribution in [0.4, 0.5) is 11.4 Å². The fourth-order valence-corrected chi connectivity index (χ4v) is 2.44. The largest absolute Gasteiger partial charge is 0.505 e. The average Bonchev–Trinajstić information content (AvgIpc) is 2.31. The molecule has 0 fully saturated rings. The van der Waals surface area contributed by atoms with Crippen molar-refractivity contribution in [3.05, 3.63) is 28.3 Å². The van der Waals surface area contributed by atoms with Crippen molar-refractivity contribution in [2.24, 2.45) is 0 Å². The van der Waals surface area contributed by atoms with Gasteiger partial charge < -0.3 is 9.84 Å². The zero-order valence-corrected chi connectivity index (χ0v) is 11.0. The summed E-state index contributed by atoms with van der Waals surface area (Å²) in [5.41, 5.74) is -0.414. The topological polar surface area (TPSA) is 119 Å². The van der Waals surface area contributed by atoms with Crippen molar-refractivity contribution in [2.75, 3.05) is 24.2 Å². The number of phenols is 1. The summed E-state index contributed by atoms with van der Waals surface area (Å²) in [5, 5.41) is 20.0. The van der Waals surface area contributed by atoms with Gasteiger partial charge in [-0.3, -0.25) is 14.8 Å². The summed E-state index contributed by atoms with van der Waals surface area (Å²) >= 11 is 0. The lowest BCUT2D eigenvalue weighted by atomic mass is 10.3. The number of ether oxygens (including phenoxy) is 1. The highest BCUT2D eigenvalue weighted by atomic mass is 32.2. The molecule has 0 aliphatic rings. The standard InChI is InChI=1S/C10H14N2O6S/c1-18-5-2-6-19(16,17)11-9-4-3-8(12(14)15)7-10(9)13/h3-4,7,11,13H,2,5-6H2,1H3. The van der Waals surface area contributed by atoms with E-state index in [2.05, 4.69) is 4.72 Å². The van der Waals surface area contributed by atoms with Gasteiger partial charge in [0.15, 0.2) is 0 Å². The molecule has 0 aliphatic heterocycles. The maximum absolute atomic E-state index is 11.6. The summed E-state index contributed by atoms with van der Waals surface area (Å²) in [6.07, 6.45) is 0.305. The van der Waals surface area contributed by atoms with E-state index in [0.717, 1.165) is 18.2 Å². The number of nitro benzene ring substituents is 1. The summed E-state index contributed by atoms with van der Waals surface area (Å²) in [5.74, 6) is -0.665. The van der Waals surface area contributed by atoms with Crippen molar-refractivity contribution in [1.29, 1.82) is 0 Å². The van der Waals surface area contributed by atoms with E-state index in [1.807, 2.05) is 0 Å². The highest BCUT2D eigenvalue weighted by Crippen LogP contribution is 2.28. The predicted octanol–water partition coefficient (Wildman–Crippen LogP) is 1.08. The number of aromatic hydroxyl groups is 1. The minimum Gasteiger partial charge on any atom is -0.505 e. The number of anilines is 1. The minimum absolute atomic E-state index is 0.0944. The number of non-ortho nitro benzene ring substituents is 1. The van der Waals surface area contributed by atoms with Gasteiger partial charge in [-0.2, -0.15) is 0 Å². The number of methoxy groups -OCH3 is 1. The SMILES string of the molecule is COCCCS(=O)(=O)Nc1ccc([N+](=O)[O-])cc1O. The molecule has 1 rings (SSSR count). The maximum atomic E-state index is 11.6. The Bertz CT molecular complexity index is 557. The molecule has 0 aromatic heterocycles. The fraction of sp³-hybridized carbons (Fsp3) is 0.400. The molecule has 9 heteroatoms. The molecule has 8 nitrogen and oxygen atoms in total. The molecular weight excluding hydrogens is 276 g/mol. The molecule has 2 N–H and O–H groups in total. The van der Waals surface area contributed by atoms with Crippen LogP contribution in [-0.2, 0) is 14.8 Å². The molecule has 0 unspecified atom stereocenters. The number of rotatable bonds is 7. The second-order valence-electron chi connectivity index (χ2n) is 3.73. The number of nitrogens with one attached hydrogen (secondary N) is 1. The summed E-state index contributed by atoms with van der Waals surface area (Å²) < 4.78 is 30.2. The van der Waals surface area contributed by atoms with Gasteiger partial charge in [-0.1, -0.05) is 0 Å². The maximum Gasteiger partial charge on any atom is 0.273 e. The summed E-state index contributed by atoms with van der Waals surface area (Å²) in [6.45, 7) is 0.299. The normalized spacial score (nSPS) is 11.2. The number of hydrogen-bond donors (Lipinski definition) is 2. The quantitative estimate of drug-likeness (QED) is 0.335. The van der Waals surface area contributed by atoms with Gasteiger partial charge in [0.1, 0.15) is 5.75 Å². The first-order chi connectivity index (χ1) is 8.85. The van der Waals surface area contributed by atoms with Gasteiger partial charge >= 0.3 is 0 Å². The zero-order valence-electron chi connectivity index (χ0n) is 10.2. The lowest BCUT2D eigenvalue weighted by molar-refractivity contribution is -0.384. The highest BCUT2D eigenvalue weighted by Gasteiger charge is 2.15. The van der Waals surface area contributed by atoms with Gasteiger partial charge in [-0.25, -0.2) is 8.42 Å². The Labute approximate surface area is 110 Å². The van der Waals surface area contributed by atoms with E-state index in [9.17, 15) is 23.6 Å². The Balaban J connectivity index is 2.79. The van der Waals surface area contributed by atoms with Gasteiger partial charge in [0.2, 0.25) is 10.0 Å². The summed E-state index contributed by atoms with van der Waals surface area (Å²) in [4.78, 5) is 9.78. The molecule has 0 heterocycles. The molecule has 0 saturated carbocycles. The van der Waals surface area contributed by atoms with Gasteiger partial charge in [-0.05, 0) is 12.5 Å². The first kappa shape index (κ1) is 15.2. The Kier molecular flexibility index (Phi) is 5.07. The monoisotopic (exact) mass is 290 g/mol. The van der Waals surface area contributed by atoms with Crippen LogP contribution in [0.5, 0.6) is 5.75 Å². The van der Waals surface area contributed by atoms with E-state index >= 15 is 0 Å². The van der Waals surface area contributed by atoms with Crippen molar-refractivity contribution in [3.8, 4) is 5.75 Å². The van der Waals surface area contributed by atoms with Crippen LogP contribution >= 0.6 is 0 Å². The number of benzene rings is 1. The number of hydrogen-bond acceptors (Lipinski definition) is 6. The van der Waals surface area contributed by atoms with Crippen LogP contribution in [-0.4, -0.2) is 37.9 Å². The fourth-order valence-electron chi connectivity index (χ4n) is 1.33. The smallest absolute Gasteiger partial charge is 0.273 e. The van der Waals surface area contributed by atoms with Crippen LogP contribution in [0.1, 0.15) is 6.42 Å². The Morgan fingerprint density at radius 1 is 1.47 bits per heavy atom. The molecule has 1 aromatic carbocycles. The molecule has 19 heavy (non-hydrogen) atoms. The molecule has 1 aromatic rings. The molecule has 106 valence electrons. The van der Waals surface area contributed by atoms with Crippen molar-refractivity contribution < 1.29 is 23.2 Å². The lowest BCUT2D eigenvalue weighted by Crippen LogP contribution is -2.17. The third-order valence-corrected chi connectivity index (χ3v) is 3.58. The van der Waals surface area contributed by atoms with E-state index in [1.165, 1.54) is 7.11 Å². The van der Waals surface area contributed by atoms with Crippen LogP contribution < -0.4 is 4.72 Å². The van der Waals surface area contributed by atoms with Crippen molar-refractivity contribution in [2.45, 2.75) is 6.42 Å². The second-order valence-corrected chi connectivity index (χ2v) is 5.57. The number of phenolic OH excluding ortho intramolecular Hbond substituents is 1. The lowest BCUT2D eigenvalue weighted by Gasteiger charge is -2.09. The van der Waals surface area contributed by atoms with Gasteiger partial charge in [0, 0.05) is 19.8 Å². The van der Waals surface area contributed by atoms with Gasteiger partial charge in [0.25, 0.3) is 5.69 Å². The predicted molar refractivity (Wildman–Crippen MR) is 68.7 cm³/mol. The van der Waals surface area contributed by atoms with E-state index in [4.69, 9.17) is 4.74 Å². The number of sulfonamides is 1. The zero-order chi connectivity index (χ0) is 14.5. The van der Waals surface area contributed by atoms with Crippen LogP contribution in [0.2, 0.25) is 0 Å². The molecule has 0 spiro atoms. The summed E-state index contributed by atoms with van der Waals surface area (Å²) in [6, 6.07) is 3.13. The first-order valence-electron chi connectivity index (χ1n) is 5.32. The average molecular weight is 290 g/mol. The molecule has 0 aliphatic carbocycles. The number of nitro groups is 1. The van der Waals surface area contributed by atoms with Crippen molar-refractivity contribution in [1.82, 2.24) is 0 Å². The van der Waals surface area contributed by atoms with Crippen molar-refractivity contribution in [3.63, 3.8) is 0 Å². The first-order valence-corrected chi connectivity index (χ1v) is 6.98. The molecule has 0 bridgehead atoms. The minimum atomic E-state index is -3.62. The summed E-state index contributed by atoms with van der Waals surface area (Å²) in [7, 11) is -2.16. The third-order valence-electron chi connectivity index (χ3n) is 2.22. The van der Waals surface area contributed by atoms with Crippen LogP contribution in [0, 0.1) is 10.1 Å². The van der Waals surface area contributed by atoms with Crippen LogP contribution in [0.3, 0.4) is 0 Å². The van der Waals surface area contributed by atoms with Gasteiger partial charge in [0.05, 0.1) is 22.4 Å². The van der Waals surface area contributed by atoms with E-state index in [0.29, 0.717) is 13.0 Å². The highest BCUT2D eigenvalue weighted by molar-refractivity contribution is 7.92. The second kappa shape index (κ2) is 6.34. The van der Waals surface area contributed by atoms with E-state index in [1.54, 1.807) is 0 Å². The number of nitrogens with zero attached hydrogens (tertiary/aromatic N) is 1. The Morgan fingerprint density at radius 3 is 2.68 bits per heavy atom. The molecule has 0 saturated heterocycles. The van der Waals surface area contributed by atoms with Gasteiger partial charge in [-0.15, -0.1) is 0 Å². The van der Waals surface area contributed by atoms with E-state index in [-0.39, 0.29) is 17.1 Å². The molecular formula is C10H14N2O6S. The van der Waals surface area contributed by atoms with Crippen molar-refractivity contribution >= 4 is 21.4 Å². The van der Waals surface area contributed by atoms with Crippen LogP contribution in [0.15, 0.2) is 18.2 Å².